The summed E-state index contributed by atoms with van der Waals surface area (Å²) in [7, 11) is -3.49. The highest BCUT2D eigenvalue weighted by atomic mass is 32.2. The quantitative estimate of drug-likeness (QED) is 0.392. The van der Waals surface area contributed by atoms with Gasteiger partial charge in [-0.2, -0.15) is 13.2 Å². The molecule has 36 heavy (non-hydrogen) atoms. The monoisotopic (exact) mass is 517 g/mol. The van der Waals surface area contributed by atoms with E-state index in [1.54, 1.807) is 13.0 Å². The van der Waals surface area contributed by atoms with Gasteiger partial charge in [0.1, 0.15) is 0 Å². The Morgan fingerprint density at radius 3 is 2.33 bits per heavy atom. The number of aliphatic hydroxyl groups is 1. The smallest absolute Gasteiger partial charge is 0.370 e. The van der Waals surface area contributed by atoms with Crippen molar-refractivity contribution in [3.05, 3.63) is 89.7 Å². The molecule has 0 saturated heterocycles. The number of rotatable bonds is 6. The van der Waals surface area contributed by atoms with Crippen molar-refractivity contribution in [3.8, 4) is 0 Å². The molecule has 3 aromatic carbocycles. The first-order valence-electron chi connectivity index (χ1n) is 10.8. The lowest BCUT2D eigenvalue weighted by molar-refractivity contribution is -0.252. The van der Waals surface area contributed by atoms with Crippen LogP contribution in [-0.4, -0.2) is 41.4 Å². The molecule has 0 aliphatic heterocycles. The van der Waals surface area contributed by atoms with Gasteiger partial charge in [-0.3, -0.25) is 4.79 Å². The van der Waals surface area contributed by atoms with Gasteiger partial charge in [0.05, 0.1) is 15.9 Å². The van der Waals surface area contributed by atoms with Gasteiger partial charge in [-0.15, -0.1) is 0 Å². The van der Waals surface area contributed by atoms with E-state index >= 15 is 0 Å². The van der Waals surface area contributed by atoms with E-state index in [2.05, 4.69) is 10.3 Å². The summed E-state index contributed by atoms with van der Waals surface area (Å²) >= 11 is 0. The van der Waals surface area contributed by atoms with Crippen LogP contribution in [0.25, 0.3) is 11.0 Å². The van der Waals surface area contributed by atoms with E-state index in [9.17, 15) is 31.5 Å². The van der Waals surface area contributed by atoms with E-state index in [1.807, 2.05) is 0 Å². The van der Waals surface area contributed by atoms with Crippen LogP contribution in [0.1, 0.15) is 28.7 Å². The molecule has 1 aromatic heterocycles. The number of halogens is 3. The minimum absolute atomic E-state index is 0.0248. The van der Waals surface area contributed by atoms with E-state index in [0.717, 1.165) is 6.26 Å². The largest absolute Gasteiger partial charge is 0.428 e. The topological polar surface area (TPSA) is 101 Å². The highest BCUT2D eigenvalue weighted by molar-refractivity contribution is 7.90. The molecule has 0 saturated carbocycles. The summed E-state index contributed by atoms with van der Waals surface area (Å²) < 4.78 is 67.6. The lowest BCUT2D eigenvalue weighted by Gasteiger charge is -2.30. The number of carbonyl (C=O) groups excluding carboxylic acids is 1. The molecule has 7 nitrogen and oxygen atoms in total. The Morgan fingerprint density at radius 1 is 1.03 bits per heavy atom. The van der Waals surface area contributed by atoms with Crippen LogP contribution in [0.5, 0.6) is 0 Å². The summed E-state index contributed by atoms with van der Waals surface area (Å²) in [5.41, 5.74) is -3.01. The molecular weight excluding hydrogens is 495 g/mol. The first kappa shape index (κ1) is 25.4. The van der Waals surface area contributed by atoms with E-state index in [0.29, 0.717) is 0 Å². The molecule has 4 aromatic rings. The molecule has 0 spiro atoms. The average molecular weight is 518 g/mol. The standard InChI is InChI=1S/C25H22F3N3O4S/c1-3-31-21-14-16(22(32)29-18-10-7-11-19(15-18)36(2,34)35)12-13-20(21)30-23(31)24(33,25(26,27)28)17-8-5-4-6-9-17/h4-15,33H,3H2,1-2H3,(H,29,32)/t24-/m0/s1. The van der Waals surface area contributed by atoms with Crippen LogP contribution < -0.4 is 5.32 Å². The fourth-order valence-corrected chi connectivity index (χ4v) is 4.63. The van der Waals surface area contributed by atoms with Gasteiger partial charge in [0, 0.05) is 29.6 Å². The molecule has 0 bridgehead atoms. The van der Waals surface area contributed by atoms with Crippen molar-refractivity contribution in [2.75, 3.05) is 11.6 Å². The Hall–Kier alpha value is -3.70. The maximum absolute atomic E-state index is 14.3. The Balaban J connectivity index is 1.78. The van der Waals surface area contributed by atoms with Crippen LogP contribution in [0.2, 0.25) is 0 Å². The van der Waals surface area contributed by atoms with Gasteiger partial charge >= 0.3 is 6.18 Å². The molecule has 0 aliphatic carbocycles. The summed E-state index contributed by atoms with van der Waals surface area (Å²) in [6.07, 6.45) is -4.03. The summed E-state index contributed by atoms with van der Waals surface area (Å²) in [5, 5.41) is 13.6. The summed E-state index contributed by atoms with van der Waals surface area (Å²) in [6, 6.07) is 16.6. The van der Waals surface area contributed by atoms with Crippen molar-refractivity contribution >= 4 is 32.5 Å². The number of hydrogen-bond donors (Lipinski definition) is 2. The summed E-state index contributed by atoms with van der Waals surface area (Å²) in [5.74, 6) is -1.21. The highest BCUT2D eigenvalue weighted by Gasteiger charge is 2.59. The van der Waals surface area contributed by atoms with Gasteiger partial charge in [0.25, 0.3) is 5.91 Å². The molecular formula is C25H22F3N3O4S. The Labute approximate surface area is 205 Å². The van der Waals surface area contributed by atoms with E-state index in [-0.39, 0.29) is 39.3 Å². The van der Waals surface area contributed by atoms with E-state index in [4.69, 9.17) is 0 Å². The third-order valence-electron chi connectivity index (χ3n) is 5.77. The van der Waals surface area contributed by atoms with Gasteiger partial charge in [0.15, 0.2) is 15.7 Å². The number of aryl methyl sites for hydroxylation is 1. The number of alkyl halides is 3. The minimum Gasteiger partial charge on any atom is -0.370 e. The lowest BCUT2D eigenvalue weighted by atomic mass is 9.92. The van der Waals surface area contributed by atoms with Crippen molar-refractivity contribution in [1.82, 2.24) is 9.55 Å². The van der Waals surface area contributed by atoms with Crippen LogP contribution >= 0.6 is 0 Å². The number of carbonyl (C=O) groups is 1. The number of aromatic nitrogens is 2. The van der Waals surface area contributed by atoms with E-state index < -0.39 is 33.3 Å². The van der Waals surface area contributed by atoms with Crippen molar-refractivity contribution in [1.29, 1.82) is 0 Å². The lowest BCUT2D eigenvalue weighted by Crippen LogP contribution is -2.45. The number of fused-ring (bicyclic) bond motifs is 1. The van der Waals surface area contributed by atoms with Crippen LogP contribution in [0.4, 0.5) is 18.9 Å². The van der Waals surface area contributed by atoms with Crippen molar-refractivity contribution in [3.63, 3.8) is 0 Å². The molecule has 1 heterocycles. The summed E-state index contributed by atoms with van der Waals surface area (Å²) in [6.45, 7) is 1.65. The van der Waals surface area contributed by atoms with Crippen molar-refractivity contribution in [2.24, 2.45) is 0 Å². The number of imidazole rings is 1. The zero-order valence-electron chi connectivity index (χ0n) is 19.2. The number of anilines is 1. The second-order valence-electron chi connectivity index (χ2n) is 8.21. The average Bonchev–Trinajstić information content (AvgIpc) is 3.21. The second-order valence-corrected chi connectivity index (χ2v) is 10.2. The number of nitrogens with one attached hydrogen (secondary N) is 1. The molecule has 0 unspecified atom stereocenters. The van der Waals surface area contributed by atoms with Gasteiger partial charge in [-0.25, -0.2) is 13.4 Å². The molecule has 188 valence electrons. The molecule has 0 aliphatic rings. The Bertz CT molecular complexity index is 1550. The number of benzene rings is 3. The van der Waals surface area contributed by atoms with Gasteiger partial charge in [-0.05, 0) is 43.3 Å². The van der Waals surface area contributed by atoms with Crippen LogP contribution in [0.15, 0.2) is 77.7 Å². The number of hydrogen-bond acceptors (Lipinski definition) is 5. The second kappa shape index (κ2) is 9.07. The maximum atomic E-state index is 14.3. The SMILES string of the molecule is CCn1c([C@@](O)(c2ccccc2)C(F)(F)F)nc2ccc(C(=O)Nc3cccc(S(C)(=O)=O)c3)cc21. The van der Waals surface area contributed by atoms with Gasteiger partial charge in [-0.1, -0.05) is 36.4 Å². The zero-order chi connectivity index (χ0) is 26.3. The first-order chi connectivity index (χ1) is 16.9. The van der Waals surface area contributed by atoms with Crippen molar-refractivity contribution in [2.45, 2.75) is 30.1 Å². The number of nitrogens with zero attached hydrogens (tertiary/aromatic N) is 2. The van der Waals surface area contributed by atoms with Crippen LogP contribution in [0.3, 0.4) is 0 Å². The molecule has 0 fully saturated rings. The summed E-state index contributed by atoms with van der Waals surface area (Å²) in [4.78, 5) is 17.0. The van der Waals surface area contributed by atoms with Gasteiger partial charge in [0.2, 0.25) is 5.60 Å². The van der Waals surface area contributed by atoms with E-state index in [1.165, 1.54) is 71.3 Å². The number of amides is 1. The predicted molar refractivity (Wildman–Crippen MR) is 128 cm³/mol. The first-order valence-corrected chi connectivity index (χ1v) is 12.7. The highest BCUT2D eigenvalue weighted by Crippen LogP contribution is 2.44. The maximum Gasteiger partial charge on any atom is 0.428 e. The number of sulfone groups is 1. The molecule has 11 heteroatoms. The molecule has 0 radical (unpaired) electrons. The minimum atomic E-state index is -5.08. The molecule has 1 amide bonds. The third kappa shape index (κ3) is 4.47. The normalized spacial score (nSPS) is 13.9. The van der Waals surface area contributed by atoms with Gasteiger partial charge < -0.3 is 15.0 Å². The van der Waals surface area contributed by atoms with Crippen LogP contribution in [-0.2, 0) is 22.0 Å². The van der Waals surface area contributed by atoms with Crippen molar-refractivity contribution < 1.29 is 31.5 Å². The Kier molecular flexibility index (Phi) is 6.40. The third-order valence-corrected chi connectivity index (χ3v) is 6.88. The predicted octanol–water partition coefficient (Wildman–Crippen LogP) is 4.51. The fourth-order valence-electron chi connectivity index (χ4n) is 3.97. The van der Waals surface area contributed by atoms with Crippen LogP contribution in [0, 0.1) is 0 Å². The zero-order valence-corrected chi connectivity index (χ0v) is 20.1. The Morgan fingerprint density at radius 2 is 1.72 bits per heavy atom. The molecule has 4 rings (SSSR count). The fraction of sp³-hybridized carbons (Fsp3) is 0.200. The molecule has 2 N–H and O–H groups in total. The molecule has 1 atom stereocenters.